The second-order valence-electron chi connectivity index (χ2n) is 6.11. The number of hydrogen-bond acceptors (Lipinski definition) is 4. The maximum Gasteiger partial charge on any atom is 0.220 e. The highest BCUT2D eigenvalue weighted by molar-refractivity contribution is 6.33. The molecule has 2 heterocycles. The number of hydrogen-bond donors (Lipinski definition) is 2. The van der Waals surface area contributed by atoms with Crippen LogP contribution in [0.2, 0.25) is 5.02 Å². The average molecular weight is 348 g/mol. The molecule has 1 aliphatic heterocycles. The highest BCUT2D eigenvalue weighted by Crippen LogP contribution is 2.28. The quantitative estimate of drug-likeness (QED) is 0.842. The van der Waals surface area contributed by atoms with Gasteiger partial charge in [0.15, 0.2) is 11.7 Å². The molecule has 6 heteroatoms. The first-order chi connectivity index (χ1) is 11.7. The maximum absolute atomic E-state index is 12.0. The van der Waals surface area contributed by atoms with Gasteiger partial charge in [0.25, 0.3) is 0 Å². The van der Waals surface area contributed by atoms with E-state index in [2.05, 4.69) is 15.6 Å². The van der Waals surface area contributed by atoms with Gasteiger partial charge in [-0.25, -0.2) is 4.98 Å². The van der Waals surface area contributed by atoms with Crippen LogP contribution in [0.3, 0.4) is 0 Å². The number of piperidine rings is 1. The number of rotatable bonds is 6. The summed E-state index contributed by atoms with van der Waals surface area (Å²) >= 11 is 6.15. The van der Waals surface area contributed by atoms with Gasteiger partial charge >= 0.3 is 0 Å². The molecule has 0 bridgehead atoms. The molecule has 0 radical (unpaired) electrons. The van der Waals surface area contributed by atoms with E-state index in [4.69, 9.17) is 16.0 Å². The molecule has 1 aliphatic rings. The van der Waals surface area contributed by atoms with E-state index < -0.39 is 0 Å². The van der Waals surface area contributed by atoms with Crippen molar-refractivity contribution < 1.29 is 9.21 Å². The van der Waals surface area contributed by atoms with Crippen molar-refractivity contribution in [1.29, 1.82) is 0 Å². The molecule has 0 spiro atoms. The van der Waals surface area contributed by atoms with Crippen molar-refractivity contribution in [3.05, 3.63) is 41.4 Å². The van der Waals surface area contributed by atoms with E-state index in [1.807, 2.05) is 24.3 Å². The normalized spacial score (nSPS) is 17.6. The summed E-state index contributed by atoms with van der Waals surface area (Å²) in [4.78, 5) is 16.2. The van der Waals surface area contributed by atoms with E-state index in [0.717, 1.165) is 25.2 Å². The average Bonchev–Trinajstić information content (AvgIpc) is 3.08. The molecule has 1 fully saturated rings. The monoisotopic (exact) mass is 347 g/mol. The Kier molecular flexibility index (Phi) is 5.88. The van der Waals surface area contributed by atoms with Crippen LogP contribution in [-0.2, 0) is 11.2 Å². The van der Waals surface area contributed by atoms with E-state index in [0.29, 0.717) is 35.4 Å². The van der Waals surface area contributed by atoms with Gasteiger partial charge in [0.05, 0.1) is 11.2 Å². The third kappa shape index (κ3) is 4.58. The largest absolute Gasteiger partial charge is 0.441 e. The maximum atomic E-state index is 12.0. The summed E-state index contributed by atoms with van der Waals surface area (Å²) in [5.41, 5.74) is 0.812. The highest BCUT2D eigenvalue weighted by Gasteiger charge is 2.15. The lowest BCUT2D eigenvalue weighted by molar-refractivity contribution is -0.121. The zero-order chi connectivity index (χ0) is 16.8. The van der Waals surface area contributed by atoms with E-state index in [-0.39, 0.29) is 5.91 Å². The molecule has 1 aromatic carbocycles. The highest BCUT2D eigenvalue weighted by atomic mass is 35.5. The molecule has 2 aromatic rings. The first kappa shape index (κ1) is 17.0. The van der Waals surface area contributed by atoms with Crippen LogP contribution in [0.25, 0.3) is 11.3 Å². The van der Waals surface area contributed by atoms with Crippen molar-refractivity contribution in [2.75, 3.05) is 19.6 Å². The first-order valence-corrected chi connectivity index (χ1v) is 8.77. The Morgan fingerprint density at radius 2 is 2.29 bits per heavy atom. The van der Waals surface area contributed by atoms with Crippen molar-refractivity contribution in [2.45, 2.75) is 25.7 Å². The van der Waals surface area contributed by atoms with Gasteiger partial charge in [-0.3, -0.25) is 4.79 Å². The number of carbonyl (C=O) groups excluding carboxylic acids is 1. The number of benzene rings is 1. The summed E-state index contributed by atoms with van der Waals surface area (Å²) in [7, 11) is 0. The summed E-state index contributed by atoms with van der Waals surface area (Å²) in [5, 5.41) is 6.98. The lowest BCUT2D eigenvalue weighted by Crippen LogP contribution is -2.38. The Balaban J connectivity index is 1.46. The van der Waals surface area contributed by atoms with Gasteiger partial charge in [0.1, 0.15) is 0 Å². The molecule has 3 rings (SSSR count). The van der Waals surface area contributed by atoms with Crippen LogP contribution in [0, 0.1) is 5.92 Å². The fraction of sp³-hybridized carbons (Fsp3) is 0.444. The van der Waals surface area contributed by atoms with Gasteiger partial charge in [0, 0.05) is 24.9 Å². The van der Waals surface area contributed by atoms with E-state index >= 15 is 0 Å². The van der Waals surface area contributed by atoms with Crippen LogP contribution >= 0.6 is 11.6 Å². The summed E-state index contributed by atoms with van der Waals surface area (Å²) in [6, 6.07) is 7.47. The minimum Gasteiger partial charge on any atom is -0.441 e. The van der Waals surface area contributed by atoms with Gasteiger partial charge in [-0.1, -0.05) is 23.7 Å². The number of oxazole rings is 1. The fourth-order valence-electron chi connectivity index (χ4n) is 2.88. The third-order valence-corrected chi connectivity index (χ3v) is 4.58. The second-order valence-corrected chi connectivity index (χ2v) is 6.52. The summed E-state index contributed by atoms with van der Waals surface area (Å²) in [6.07, 6.45) is 4.87. The van der Waals surface area contributed by atoms with Crippen LogP contribution in [0.4, 0.5) is 0 Å². The van der Waals surface area contributed by atoms with Crippen molar-refractivity contribution in [3.63, 3.8) is 0 Å². The standard InChI is InChI=1S/C18H22ClN3O2/c19-15-6-2-1-5-14(15)16-12-22-18(24-16)8-7-17(23)21-11-13-4-3-9-20-10-13/h1-2,5-6,12-13,20H,3-4,7-11H2,(H,21,23). The lowest BCUT2D eigenvalue weighted by atomic mass is 10.00. The minimum absolute atomic E-state index is 0.0399. The molecule has 1 unspecified atom stereocenters. The number of nitrogens with zero attached hydrogens (tertiary/aromatic N) is 1. The molecular weight excluding hydrogens is 326 g/mol. The topological polar surface area (TPSA) is 67.2 Å². The van der Waals surface area contributed by atoms with Gasteiger partial charge in [-0.05, 0) is 44.0 Å². The van der Waals surface area contributed by atoms with Gasteiger partial charge in [-0.15, -0.1) is 0 Å². The van der Waals surface area contributed by atoms with E-state index in [1.54, 1.807) is 6.20 Å². The molecule has 1 aromatic heterocycles. The molecular formula is C18H22ClN3O2. The smallest absolute Gasteiger partial charge is 0.220 e. The van der Waals surface area contributed by atoms with Crippen LogP contribution < -0.4 is 10.6 Å². The number of amides is 1. The Morgan fingerprint density at radius 3 is 3.08 bits per heavy atom. The third-order valence-electron chi connectivity index (χ3n) is 4.25. The summed E-state index contributed by atoms with van der Waals surface area (Å²) < 4.78 is 5.71. The van der Waals surface area contributed by atoms with Gasteiger partial charge in [0.2, 0.25) is 5.91 Å². The molecule has 1 saturated heterocycles. The number of halogens is 1. The molecule has 1 atom stereocenters. The first-order valence-electron chi connectivity index (χ1n) is 8.39. The predicted octanol–water partition coefficient (Wildman–Crippen LogP) is 3.04. The number of aryl methyl sites for hydroxylation is 1. The Morgan fingerprint density at radius 1 is 1.42 bits per heavy atom. The fourth-order valence-corrected chi connectivity index (χ4v) is 3.11. The summed E-state index contributed by atoms with van der Waals surface area (Å²) in [6.45, 7) is 2.81. The van der Waals surface area contributed by atoms with Crippen LogP contribution in [-0.4, -0.2) is 30.5 Å². The number of nitrogens with one attached hydrogen (secondary N) is 2. The minimum atomic E-state index is 0.0399. The van der Waals surface area contributed by atoms with E-state index in [1.165, 1.54) is 12.8 Å². The van der Waals surface area contributed by atoms with Gasteiger partial charge < -0.3 is 15.1 Å². The number of aromatic nitrogens is 1. The summed E-state index contributed by atoms with van der Waals surface area (Å²) in [5.74, 6) is 1.76. The molecule has 128 valence electrons. The zero-order valence-corrected chi connectivity index (χ0v) is 14.3. The van der Waals surface area contributed by atoms with Crippen molar-refractivity contribution in [1.82, 2.24) is 15.6 Å². The van der Waals surface area contributed by atoms with Gasteiger partial charge in [-0.2, -0.15) is 0 Å². The lowest BCUT2D eigenvalue weighted by Gasteiger charge is -2.22. The van der Waals surface area contributed by atoms with Crippen molar-refractivity contribution >= 4 is 17.5 Å². The molecule has 5 nitrogen and oxygen atoms in total. The van der Waals surface area contributed by atoms with Crippen molar-refractivity contribution in [2.24, 2.45) is 5.92 Å². The molecule has 24 heavy (non-hydrogen) atoms. The predicted molar refractivity (Wildman–Crippen MR) is 93.9 cm³/mol. The second kappa shape index (κ2) is 8.31. The van der Waals surface area contributed by atoms with E-state index in [9.17, 15) is 4.79 Å². The van der Waals surface area contributed by atoms with Crippen LogP contribution in [0.5, 0.6) is 0 Å². The molecule has 1 amide bonds. The molecule has 2 N–H and O–H groups in total. The SMILES string of the molecule is O=C(CCc1ncc(-c2ccccc2Cl)o1)NCC1CCCNC1. The zero-order valence-electron chi connectivity index (χ0n) is 13.6. The molecule has 0 saturated carbocycles. The Labute approximate surface area is 146 Å². The van der Waals surface area contributed by atoms with Crippen LogP contribution in [0.1, 0.15) is 25.2 Å². The van der Waals surface area contributed by atoms with Crippen molar-refractivity contribution in [3.8, 4) is 11.3 Å². The Bertz CT molecular complexity index is 680. The van der Waals surface area contributed by atoms with Crippen LogP contribution in [0.15, 0.2) is 34.9 Å². The Hall–Kier alpha value is -1.85. The number of carbonyl (C=O) groups is 1. The molecule has 0 aliphatic carbocycles.